The van der Waals surface area contributed by atoms with Crippen LogP contribution < -0.4 is 4.74 Å². The van der Waals surface area contributed by atoms with E-state index >= 15 is 0 Å². The first-order chi connectivity index (χ1) is 20.8. The number of pyridine rings is 1. The smallest absolute Gasteiger partial charge is 0.509 e. The minimum Gasteiger partial charge on any atom is -0.509 e. The minimum atomic E-state index is -1.12. The first-order valence-electron chi connectivity index (χ1n) is 14.4. The van der Waals surface area contributed by atoms with Crippen LogP contribution in [0.5, 0.6) is 11.5 Å². The second-order valence-corrected chi connectivity index (χ2v) is 13.7. The van der Waals surface area contributed by atoms with E-state index in [1.165, 1.54) is 5.56 Å². The SMILES string of the molecule is CC(C)(C)[N]=[Pt]=[O].Cc1cc(C)n(-c2[c-]c(Oc3[c-]c4c(cc3)c3ccccc3n4-c3cc(C(C)(C)C)ccn3)ccc2)n1.[Pt+2]. The molecule has 3 heterocycles. The number of ether oxygens (including phenoxy) is 1. The van der Waals surface area contributed by atoms with Crippen molar-refractivity contribution >= 4 is 21.8 Å². The summed E-state index contributed by atoms with van der Waals surface area (Å²) >= 11 is -1.12. The van der Waals surface area contributed by atoms with Crippen LogP contribution in [0.25, 0.3) is 33.3 Å². The first kappa shape index (κ1) is 34.5. The van der Waals surface area contributed by atoms with Crippen molar-refractivity contribution in [1.29, 1.82) is 0 Å². The molecule has 0 fully saturated rings. The van der Waals surface area contributed by atoms with Gasteiger partial charge in [-0.05, 0) is 60.2 Å². The zero-order valence-electron chi connectivity index (χ0n) is 26.7. The number of fused-ring (bicyclic) bond motifs is 3. The quantitative estimate of drug-likeness (QED) is 0.166. The molecule has 0 saturated heterocycles. The fourth-order valence-corrected chi connectivity index (χ4v) is 5.50. The number of hydrogen-bond donors (Lipinski definition) is 0. The number of aryl methyl sites for hydroxylation is 2. The molecule has 0 aliphatic heterocycles. The molecule has 0 unspecified atom stereocenters. The van der Waals surface area contributed by atoms with Gasteiger partial charge in [-0.25, -0.2) is 4.98 Å². The number of benzene rings is 3. The van der Waals surface area contributed by atoms with Gasteiger partial charge in [-0.15, -0.1) is 35.7 Å². The third kappa shape index (κ3) is 8.06. The van der Waals surface area contributed by atoms with Gasteiger partial charge >= 0.3 is 72.6 Å². The van der Waals surface area contributed by atoms with Crippen molar-refractivity contribution in [2.45, 2.75) is 66.3 Å². The molecular weight excluding hydrogens is 925 g/mol. The van der Waals surface area contributed by atoms with Crippen LogP contribution >= 0.6 is 0 Å². The van der Waals surface area contributed by atoms with E-state index in [-0.39, 0.29) is 32.0 Å². The largest absolute Gasteiger partial charge is 2.00 e. The van der Waals surface area contributed by atoms with Gasteiger partial charge in [-0.2, -0.15) is 17.2 Å². The van der Waals surface area contributed by atoms with E-state index in [2.05, 4.69) is 88.5 Å². The van der Waals surface area contributed by atoms with Crippen LogP contribution in [0, 0.1) is 26.0 Å². The maximum atomic E-state index is 9.89. The number of hydrogen-bond acceptors (Lipinski definition) is 5. The second kappa shape index (κ2) is 13.9. The Bertz CT molecular complexity index is 2010. The van der Waals surface area contributed by atoms with Gasteiger partial charge in [0.15, 0.2) is 0 Å². The molecule has 238 valence electrons. The predicted octanol–water partition coefficient (Wildman–Crippen LogP) is 9.07. The van der Waals surface area contributed by atoms with Crippen molar-refractivity contribution in [3.05, 3.63) is 108 Å². The van der Waals surface area contributed by atoms with E-state index in [4.69, 9.17) is 9.72 Å². The molecule has 0 radical (unpaired) electrons. The van der Waals surface area contributed by atoms with Crippen LogP contribution in [0.2, 0.25) is 0 Å². The van der Waals surface area contributed by atoms with Crippen molar-refractivity contribution in [3.8, 4) is 23.0 Å². The minimum absolute atomic E-state index is 0. The number of nitrogens with zero attached hydrogens (tertiary/aromatic N) is 5. The van der Waals surface area contributed by atoms with Crippen LogP contribution in [-0.2, 0) is 48.2 Å². The molecule has 0 spiro atoms. The molecule has 0 saturated carbocycles. The summed E-state index contributed by atoms with van der Waals surface area (Å²) in [5.74, 6) is 2.09. The maximum absolute atomic E-state index is 9.89. The van der Waals surface area contributed by atoms with Crippen molar-refractivity contribution in [2.24, 2.45) is 3.50 Å². The van der Waals surface area contributed by atoms with E-state index in [0.29, 0.717) is 11.5 Å². The zero-order chi connectivity index (χ0) is 31.6. The Morgan fingerprint density at radius 1 is 0.844 bits per heavy atom. The molecule has 0 bridgehead atoms. The third-order valence-electron chi connectivity index (χ3n) is 6.85. The van der Waals surface area contributed by atoms with Crippen LogP contribution in [0.3, 0.4) is 0 Å². The standard InChI is InChI=1S/C32H28N4O.C4H9N.O.2Pt/c1-21-17-22(2)36(34-21)24-9-8-10-25(19-24)37-26-13-14-28-27-11-6-7-12-29(27)35(30(28)20-26)31-18-23(15-16-33-31)32(3,4)5;1-4(2,3)5;;;/h6-18H,1-5H3;1-3H3;;;/q-2;;;;+2. The van der Waals surface area contributed by atoms with Gasteiger partial charge in [-0.3, -0.25) is 4.68 Å². The first-order valence-corrected chi connectivity index (χ1v) is 16.4. The van der Waals surface area contributed by atoms with Gasteiger partial charge in [0.2, 0.25) is 0 Å². The molecule has 0 N–H and O–H groups in total. The Kier molecular flexibility index (Phi) is 10.7. The van der Waals surface area contributed by atoms with E-state index in [0.717, 1.165) is 44.7 Å². The van der Waals surface area contributed by atoms with Crippen molar-refractivity contribution in [3.63, 3.8) is 0 Å². The molecule has 0 aliphatic carbocycles. The van der Waals surface area contributed by atoms with Crippen molar-refractivity contribution < 1.29 is 47.5 Å². The van der Waals surface area contributed by atoms with Crippen LogP contribution in [0.15, 0.2) is 82.5 Å². The molecule has 3 aromatic carbocycles. The van der Waals surface area contributed by atoms with Crippen LogP contribution in [0.1, 0.15) is 58.5 Å². The molecule has 3 aromatic heterocycles. The predicted molar refractivity (Wildman–Crippen MR) is 171 cm³/mol. The molecule has 0 atom stereocenters. The summed E-state index contributed by atoms with van der Waals surface area (Å²) in [7, 11) is 0. The average molecular weight is 962 g/mol. The normalized spacial score (nSPS) is 11.6. The Morgan fingerprint density at radius 2 is 1.58 bits per heavy atom. The monoisotopic (exact) mass is 961 g/mol. The third-order valence-corrected chi connectivity index (χ3v) is 8.58. The summed E-state index contributed by atoms with van der Waals surface area (Å²) in [5.41, 5.74) is 6.01. The van der Waals surface area contributed by atoms with Gasteiger partial charge < -0.3 is 9.30 Å². The summed E-state index contributed by atoms with van der Waals surface area (Å²) in [6.07, 6.45) is 1.89. The fraction of sp³-hybridized carbons (Fsp3) is 0.278. The summed E-state index contributed by atoms with van der Waals surface area (Å²) in [5, 5.41) is 6.83. The van der Waals surface area contributed by atoms with Gasteiger partial charge in [0.1, 0.15) is 5.82 Å². The van der Waals surface area contributed by atoms with Gasteiger partial charge in [0.05, 0.1) is 5.69 Å². The molecule has 0 aliphatic rings. The van der Waals surface area contributed by atoms with E-state index in [9.17, 15) is 3.40 Å². The average Bonchev–Trinajstić information content (AvgIpc) is 3.48. The van der Waals surface area contributed by atoms with Gasteiger partial charge in [0, 0.05) is 28.9 Å². The fourth-order valence-electron chi connectivity index (χ4n) is 4.88. The number of rotatable bonds is 4. The summed E-state index contributed by atoms with van der Waals surface area (Å²) in [6.45, 7) is 16.5. The van der Waals surface area contributed by atoms with Crippen molar-refractivity contribution in [1.82, 2.24) is 19.3 Å². The van der Waals surface area contributed by atoms with Gasteiger partial charge in [0.25, 0.3) is 0 Å². The summed E-state index contributed by atoms with van der Waals surface area (Å²) in [4.78, 5) is 4.75. The van der Waals surface area contributed by atoms with Gasteiger partial charge in [-0.1, -0.05) is 44.5 Å². The Morgan fingerprint density at radius 3 is 2.22 bits per heavy atom. The number of aromatic nitrogens is 4. The summed E-state index contributed by atoms with van der Waals surface area (Å²) < 4.78 is 24.0. The molecule has 6 rings (SSSR count). The van der Waals surface area contributed by atoms with E-state index in [1.54, 1.807) is 0 Å². The molecule has 0 amide bonds. The number of para-hydroxylation sites is 1. The molecular formula is C36H37N5O2Pt2. The van der Waals surface area contributed by atoms with E-state index < -0.39 is 18.3 Å². The Labute approximate surface area is 288 Å². The second-order valence-electron chi connectivity index (χ2n) is 12.7. The molecule has 45 heavy (non-hydrogen) atoms. The van der Waals surface area contributed by atoms with Crippen LogP contribution in [-0.4, -0.2) is 24.9 Å². The van der Waals surface area contributed by atoms with Crippen LogP contribution in [0.4, 0.5) is 0 Å². The maximum Gasteiger partial charge on any atom is 2.00 e. The molecule has 6 aromatic rings. The Hall–Kier alpha value is -3.40. The van der Waals surface area contributed by atoms with E-state index in [1.807, 2.05) is 75.8 Å². The molecule has 7 nitrogen and oxygen atoms in total. The molecule has 9 heteroatoms. The topological polar surface area (TPSA) is 74.3 Å². The van der Waals surface area contributed by atoms with Crippen molar-refractivity contribution in [2.75, 3.05) is 0 Å². The Balaban J connectivity index is 0.000000519. The zero-order valence-corrected chi connectivity index (χ0v) is 31.2. The summed E-state index contributed by atoms with van der Waals surface area (Å²) in [6, 6.07) is 31.4.